The maximum absolute atomic E-state index is 5.92. The molecule has 0 amide bonds. The molecule has 106 valence electrons. The van der Waals surface area contributed by atoms with Gasteiger partial charge in [-0.3, -0.25) is 4.90 Å². The molecule has 1 atom stereocenters. The van der Waals surface area contributed by atoms with Crippen LogP contribution in [0.4, 0.5) is 5.69 Å². The first-order chi connectivity index (χ1) is 9.04. The maximum atomic E-state index is 5.92. The summed E-state index contributed by atoms with van der Waals surface area (Å²) >= 11 is 0. The van der Waals surface area contributed by atoms with Crippen LogP contribution >= 0.6 is 0 Å². The first kappa shape index (κ1) is 14.2. The van der Waals surface area contributed by atoms with Gasteiger partial charge < -0.3 is 10.5 Å². The van der Waals surface area contributed by atoms with Crippen molar-refractivity contribution in [2.24, 2.45) is 5.92 Å². The molecule has 1 saturated heterocycles. The third-order valence-electron chi connectivity index (χ3n) is 3.58. The molecule has 1 heterocycles. The summed E-state index contributed by atoms with van der Waals surface area (Å²) in [7, 11) is 0. The summed E-state index contributed by atoms with van der Waals surface area (Å²) in [5.74, 6) is 1.77. The molecule has 0 aromatic heterocycles. The molecule has 1 unspecified atom stereocenters. The van der Waals surface area contributed by atoms with Gasteiger partial charge in [0.05, 0.1) is 6.10 Å². The molecule has 3 heteroatoms. The van der Waals surface area contributed by atoms with Crippen molar-refractivity contribution in [3.05, 3.63) is 23.8 Å². The summed E-state index contributed by atoms with van der Waals surface area (Å²) < 4.78 is 5.89. The highest BCUT2D eigenvalue weighted by molar-refractivity contribution is 5.48. The molecule has 1 aromatic rings. The Kier molecular flexibility index (Phi) is 4.70. The van der Waals surface area contributed by atoms with Crippen LogP contribution in [0, 0.1) is 5.92 Å². The number of rotatable bonds is 4. The molecule has 0 bridgehead atoms. The van der Waals surface area contributed by atoms with E-state index in [1.54, 1.807) is 0 Å². The summed E-state index contributed by atoms with van der Waals surface area (Å²) in [6.45, 7) is 9.75. The first-order valence-corrected chi connectivity index (χ1v) is 7.32. The van der Waals surface area contributed by atoms with Gasteiger partial charge in [-0.15, -0.1) is 0 Å². The highest BCUT2D eigenvalue weighted by Gasteiger charge is 2.18. The van der Waals surface area contributed by atoms with Gasteiger partial charge in [0.25, 0.3) is 0 Å². The van der Waals surface area contributed by atoms with E-state index in [1.807, 2.05) is 12.1 Å². The fourth-order valence-electron chi connectivity index (χ4n) is 2.76. The van der Waals surface area contributed by atoms with E-state index in [4.69, 9.17) is 10.5 Å². The number of benzene rings is 1. The zero-order valence-electron chi connectivity index (χ0n) is 12.4. The van der Waals surface area contributed by atoms with Crippen molar-refractivity contribution in [1.82, 2.24) is 4.90 Å². The van der Waals surface area contributed by atoms with Crippen LogP contribution in [0.3, 0.4) is 0 Å². The SMILES string of the molecule is CC1CCCN(Cc2cc(N)ccc2OC(C)C)C1. The minimum absolute atomic E-state index is 0.197. The predicted molar refractivity (Wildman–Crippen MR) is 80.3 cm³/mol. The molecule has 19 heavy (non-hydrogen) atoms. The van der Waals surface area contributed by atoms with Gasteiger partial charge in [-0.05, 0) is 57.4 Å². The van der Waals surface area contributed by atoms with Crippen molar-refractivity contribution in [3.8, 4) is 5.75 Å². The Morgan fingerprint density at radius 3 is 2.89 bits per heavy atom. The highest BCUT2D eigenvalue weighted by atomic mass is 16.5. The summed E-state index contributed by atoms with van der Waals surface area (Å²) in [5, 5.41) is 0. The lowest BCUT2D eigenvalue weighted by molar-refractivity contribution is 0.171. The van der Waals surface area contributed by atoms with Gasteiger partial charge in [0.1, 0.15) is 5.75 Å². The normalized spacial score (nSPS) is 20.7. The van der Waals surface area contributed by atoms with Crippen LogP contribution in [0.2, 0.25) is 0 Å². The van der Waals surface area contributed by atoms with E-state index in [0.717, 1.165) is 23.9 Å². The summed E-state index contributed by atoms with van der Waals surface area (Å²) in [4.78, 5) is 2.51. The molecule has 1 aromatic carbocycles. The van der Waals surface area contributed by atoms with E-state index < -0.39 is 0 Å². The largest absolute Gasteiger partial charge is 0.491 e. The molecule has 0 saturated carbocycles. The van der Waals surface area contributed by atoms with Gasteiger partial charge in [0.15, 0.2) is 0 Å². The molecular formula is C16H26N2O. The van der Waals surface area contributed by atoms with Crippen LogP contribution in [0.15, 0.2) is 18.2 Å². The number of anilines is 1. The van der Waals surface area contributed by atoms with Gasteiger partial charge in [0.2, 0.25) is 0 Å². The summed E-state index contributed by atoms with van der Waals surface area (Å²) in [6, 6.07) is 5.97. The minimum Gasteiger partial charge on any atom is -0.491 e. The third-order valence-corrected chi connectivity index (χ3v) is 3.58. The first-order valence-electron chi connectivity index (χ1n) is 7.32. The fourth-order valence-corrected chi connectivity index (χ4v) is 2.76. The Labute approximate surface area is 116 Å². The topological polar surface area (TPSA) is 38.5 Å². The molecule has 1 fully saturated rings. The van der Waals surface area contributed by atoms with E-state index in [1.165, 1.54) is 31.5 Å². The lowest BCUT2D eigenvalue weighted by Gasteiger charge is -2.31. The maximum Gasteiger partial charge on any atom is 0.124 e. The number of nitrogen functional groups attached to an aromatic ring is 1. The smallest absolute Gasteiger partial charge is 0.124 e. The van der Waals surface area contributed by atoms with E-state index in [-0.39, 0.29) is 6.10 Å². The number of nitrogens with zero attached hydrogens (tertiary/aromatic N) is 1. The van der Waals surface area contributed by atoms with Gasteiger partial charge in [-0.2, -0.15) is 0 Å². The second kappa shape index (κ2) is 6.29. The van der Waals surface area contributed by atoms with E-state index in [9.17, 15) is 0 Å². The van der Waals surface area contributed by atoms with Gasteiger partial charge >= 0.3 is 0 Å². The van der Waals surface area contributed by atoms with E-state index >= 15 is 0 Å². The summed E-state index contributed by atoms with van der Waals surface area (Å²) in [6.07, 6.45) is 2.84. The van der Waals surface area contributed by atoms with Crippen molar-refractivity contribution in [2.45, 2.75) is 46.3 Å². The minimum atomic E-state index is 0.197. The zero-order chi connectivity index (χ0) is 13.8. The molecule has 1 aliphatic heterocycles. The number of hydrogen-bond acceptors (Lipinski definition) is 3. The Morgan fingerprint density at radius 1 is 1.42 bits per heavy atom. The Balaban J connectivity index is 2.10. The zero-order valence-corrected chi connectivity index (χ0v) is 12.4. The van der Waals surface area contributed by atoms with Gasteiger partial charge in [-0.25, -0.2) is 0 Å². The summed E-state index contributed by atoms with van der Waals surface area (Å²) in [5.41, 5.74) is 7.94. The molecule has 3 nitrogen and oxygen atoms in total. The second-order valence-corrected chi connectivity index (χ2v) is 6.02. The lowest BCUT2D eigenvalue weighted by Crippen LogP contribution is -2.33. The van der Waals surface area contributed by atoms with Crippen molar-refractivity contribution in [2.75, 3.05) is 18.8 Å². The van der Waals surface area contributed by atoms with Crippen molar-refractivity contribution in [1.29, 1.82) is 0 Å². The Morgan fingerprint density at radius 2 is 2.21 bits per heavy atom. The van der Waals surface area contributed by atoms with Gasteiger partial charge in [-0.1, -0.05) is 6.92 Å². The van der Waals surface area contributed by atoms with E-state index in [0.29, 0.717) is 0 Å². The Bertz CT molecular complexity index is 417. The molecule has 0 aliphatic carbocycles. The number of hydrogen-bond donors (Lipinski definition) is 1. The number of likely N-dealkylation sites (tertiary alicyclic amines) is 1. The highest BCUT2D eigenvalue weighted by Crippen LogP contribution is 2.26. The molecule has 2 N–H and O–H groups in total. The molecule has 2 rings (SSSR count). The van der Waals surface area contributed by atoms with Crippen LogP contribution in [0.5, 0.6) is 5.75 Å². The van der Waals surface area contributed by atoms with Crippen molar-refractivity contribution >= 4 is 5.69 Å². The fraction of sp³-hybridized carbons (Fsp3) is 0.625. The van der Waals surface area contributed by atoms with Crippen molar-refractivity contribution < 1.29 is 4.74 Å². The number of nitrogens with two attached hydrogens (primary N) is 1. The van der Waals surface area contributed by atoms with Crippen LogP contribution in [-0.4, -0.2) is 24.1 Å². The van der Waals surface area contributed by atoms with Gasteiger partial charge in [0, 0.05) is 24.3 Å². The number of piperidine rings is 1. The average molecular weight is 262 g/mol. The monoisotopic (exact) mass is 262 g/mol. The van der Waals surface area contributed by atoms with Crippen LogP contribution in [0.1, 0.15) is 39.2 Å². The molecule has 1 aliphatic rings. The number of ether oxygens (including phenoxy) is 1. The Hall–Kier alpha value is -1.22. The second-order valence-electron chi connectivity index (χ2n) is 6.02. The molecule has 0 radical (unpaired) electrons. The molecule has 0 spiro atoms. The average Bonchev–Trinajstić information content (AvgIpc) is 2.32. The van der Waals surface area contributed by atoms with Crippen LogP contribution in [-0.2, 0) is 6.54 Å². The lowest BCUT2D eigenvalue weighted by atomic mass is 9.99. The van der Waals surface area contributed by atoms with Crippen molar-refractivity contribution in [3.63, 3.8) is 0 Å². The molecular weight excluding hydrogens is 236 g/mol. The quantitative estimate of drug-likeness (QED) is 0.846. The van der Waals surface area contributed by atoms with Crippen LogP contribution < -0.4 is 10.5 Å². The standard InChI is InChI=1S/C16H26N2O/c1-12(2)19-16-7-6-15(17)9-14(16)11-18-8-4-5-13(3)10-18/h6-7,9,12-13H,4-5,8,10-11,17H2,1-3H3. The van der Waals surface area contributed by atoms with Crippen LogP contribution in [0.25, 0.3) is 0 Å². The van der Waals surface area contributed by atoms with E-state index in [2.05, 4.69) is 31.7 Å². The third kappa shape index (κ3) is 4.13. The predicted octanol–water partition coefficient (Wildman–Crippen LogP) is 3.29.